The van der Waals surface area contributed by atoms with Crippen molar-refractivity contribution in [2.45, 2.75) is 33.6 Å². The predicted octanol–water partition coefficient (Wildman–Crippen LogP) is 1.94. The first-order chi connectivity index (χ1) is 9.08. The van der Waals surface area contributed by atoms with Gasteiger partial charge in [-0.3, -0.25) is 4.79 Å². The van der Waals surface area contributed by atoms with Gasteiger partial charge in [0.2, 0.25) is 5.91 Å². The molecule has 1 amide bonds. The van der Waals surface area contributed by atoms with E-state index < -0.39 is 0 Å². The molecular formula is C14H24N4O. The third-order valence-corrected chi connectivity index (χ3v) is 3.14. The number of carbonyl (C=O) groups excluding carboxylic acids is 1. The summed E-state index contributed by atoms with van der Waals surface area (Å²) in [6.07, 6.45) is 1.75. The van der Waals surface area contributed by atoms with Crippen molar-refractivity contribution in [1.82, 2.24) is 10.3 Å². The molecular weight excluding hydrogens is 240 g/mol. The Morgan fingerprint density at radius 3 is 2.63 bits per heavy atom. The number of hydrogen-bond donors (Lipinski definition) is 3. The molecule has 1 rings (SSSR count). The van der Waals surface area contributed by atoms with E-state index in [9.17, 15) is 4.79 Å². The standard InChI is InChI=1S/C14H24N4O/c1-4-11(5-2)14(19)17-9-8-16-13-12(15)7-6-10(3)18-13/h6-7,11H,4-5,8-9,15H2,1-3H3,(H,16,18)(H,17,19). The second-order valence-corrected chi connectivity index (χ2v) is 4.62. The maximum atomic E-state index is 11.8. The van der Waals surface area contributed by atoms with Crippen LogP contribution in [0.25, 0.3) is 0 Å². The van der Waals surface area contributed by atoms with E-state index in [1.54, 1.807) is 0 Å². The molecule has 0 saturated heterocycles. The average molecular weight is 264 g/mol. The molecule has 4 N–H and O–H groups in total. The maximum Gasteiger partial charge on any atom is 0.223 e. The Bertz CT molecular complexity index is 416. The first-order valence-electron chi connectivity index (χ1n) is 6.83. The van der Waals surface area contributed by atoms with E-state index in [0.29, 0.717) is 24.6 Å². The lowest BCUT2D eigenvalue weighted by molar-refractivity contribution is -0.125. The highest BCUT2D eigenvalue weighted by molar-refractivity contribution is 5.78. The smallest absolute Gasteiger partial charge is 0.223 e. The minimum Gasteiger partial charge on any atom is -0.396 e. The summed E-state index contributed by atoms with van der Waals surface area (Å²) < 4.78 is 0. The number of nitrogen functional groups attached to an aromatic ring is 1. The molecule has 0 aliphatic carbocycles. The molecule has 5 heteroatoms. The number of carbonyl (C=O) groups is 1. The SMILES string of the molecule is CCC(CC)C(=O)NCCNc1nc(C)ccc1N. The maximum absolute atomic E-state index is 11.8. The minimum absolute atomic E-state index is 0.113. The van der Waals surface area contributed by atoms with Gasteiger partial charge in [0, 0.05) is 24.7 Å². The molecule has 1 heterocycles. The summed E-state index contributed by atoms with van der Waals surface area (Å²) >= 11 is 0. The molecule has 1 aromatic rings. The van der Waals surface area contributed by atoms with Crippen molar-refractivity contribution in [2.75, 3.05) is 24.1 Å². The van der Waals surface area contributed by atoms with Crippen molar-refractivity contribution in [3.63, 3.8) is 0 Å². The Kier molecular flexibility index (Phi) is 6.12. The number of hydrogen-bond acceptors (Lipinski definition) is 4. The lowest BCUT2D eigenvalue weighted by Crippen LogP contribution is -2.33. The number of nitrogens with one attached hydrogen (secondary N) is 2. The molecule has 0 aliphatic heterocycles. The average Bonchev–Trinajstić information content (AvgIpc) is 2.40. The van der Waals surface area contributed by atoms with Gasteiger partial charge < -0.3 is 16.4 Å². The number of pyridine rings is 1. The summed E-state index contributed by atoms with van der Waals surface area (Å²) in [5.41, 5.74) is 7.35. The second-order valence-electron chi connectivity index (χ2n) is 4.62. The molecule has 19 heavy (non-hydrogen) atoms. The van der Waals surface area contributed by atoms with E-state index >= 15 is 0 Å². The number of aromatic nitrogens is 1. The lowest BCUT2D eigenvalue weighted by atomic mass is 10.0. The largest absolute Gasteiger partial charge is 0.396 e. The van der Waals surface area contributed by atoms with Gasteiger partial charge in [-0.15, -0.1) is 0 Å². The lowest BCUT2D eigenvalue weighted by Gasteiger charge is -2.13. The monoisotopic (exact) mass is 264 g/mol. The Labute approximate surface area is 115 Å². The fourth-order valence-electron chi connectivity index (χ4n) is 1.88. The van der Waals surface area contributed by atoms with Crippen LogP contribution in [0.5, 0.6) is 0 Å². The van der Waals surface area contributed by atoms with Crippen molar-refractivity contribution in [1.29, 1.82) is 0 Å². The molecule has 0 aliphatic rings. The van der Waals surface area contributed by atoms with Crippen molar-refractivity contribution >= 4 is 17.4 Å². The number of amides is 1. The van der Waals surface area contributed by atoms with Crippen LogP contribution in [0.15, 0.2) is 12.1 Å². The molecule has 106 valence electrons. The van der Waals surface area contributed by atoms with Crippen molar-refractivity contribution < 1.29 is 4.79 Å². The van der Waals surface area contributed by atoms with Gasteiger partial charge in [-0.1, -0.05) is 13.8 Å². The van der Waals surface area contributed by atoms with Gasteiger partial charge in [0.05, 0.1) is 5.69 Å². The minimum atomic E-state index is 0.113. The van der Waals surface area contributed by atoms with Crippen LogP contribution in [0.1, 0.15) is 32.4 Å². The summed E-state index contributed by atoms with van der Waals surface area (Å²) in [4.78, 5) is 16.1. The first-order valence-corrected chi connectivity index (χ1v) is 6.83. The summed E-state index contributed by atoms with van der Waals surface area (Å²) in [6.45, 7) is 7.17. The van der Waals surface area contributed by atoms with Gasteiger partial charge in [-0.2, -0.15) is 0 Å². The molecule has 0 radical (unpaired) electrons. The number of nitrogens with zero attached hydrogens (tertiary/aromatic N) is 1. The number of rotatable bonds is 7. The van der Waals surface area contributed by atoms with E-state index in [1.807, 2.05) is 32.9 Å². The quantitative estimate of drug-likeness (QED) is 0.657. The molecule has 0 saturated carbocycles. The number of nitrogens with two attached hydrogens (primary N) is 1. The van der Waals surface area contributed by atoms with Crippen LogP contribution in [0.3, 0.4) is 0 Å². The van der Waals surface area contributed by atoms with Crippen LogP contribution in [-0.2, 0) is 4.79 Å². The van der Waals surface area contributed by atoms with Crippen LogP contribution < -0.4 is 16.4 Å². The van der Waals surface area contributed by atoms with Crippen LogP contribution in [-0.4, -0.2) is 24.0 Å². The van der Waals surface area contributed by atoms with Crippen LogP contribution in [0.4, 0.5) is 11.5 Å². The molecule has 0 unspecified atom stereocenters. The topological polar surface area (TPSA) is 80.0 Å². The molecule has 1 aromatic heterocycles. The van der Waals surface area contributed by atoms with E-state index in [-0.39, 0.29) is 11.8 Å². The molecule has 5 nitrogen and oxygen atoms in total. The van der Waals surface area contributed by atoms with E-state index in [4.69, 9.17) is 5.73 Å². The van der Waals surface area contributed by atoms with E-state index in [2.05, 4.69) is 15.6 Å². The molecule has 0 aromatic carbocycles. The highest BCUT2D eigenvalue weighted by Gasteiger charge is 2.12. The van der Waals surface area contributed by atoms with Gasteiger partial charge in [-0.25, -0.2) is 4.98 Å². The zero-order valence-electron chi connectivity index (χ0n) is 12.0. The van der Waals surface area contributed by atoms with Gasteiger partial charge in [0.15, 0.2) is 0 Å². The Morgan fingerprint density at radius 1 is 1.32 bits per heavy atom. The van der Waals surface area contributed by atoms with Gasteiger partial charge in [0.25, 0.3) is 0 Å². The summed E-state index contributed by atoms with van der Waals surface area (Å²) in [7, 11) is 0. The van der Waals surface area contributed by atoms with Gasteiger partial charge >= 0.3 is 0 Å². The van der Waals surface area contributed by atoms with Crippen LogP contribution in [0.2, 0.25) is 0 Å². The fourth-order valence-corrected chi connectivity index (χ4v) is 1.88. The zero-order valence-corrected chi connectivity index (χ0v) is 12.0. The third kappa shape index (κ3) is 4.77. The summed E-state index contributed by atoms with van der Waals surface area (Å²) in [6, 6.07) is 3.70. The summed E-state index contributed by atoms with van der Waals surface area (Å²) in [5.74, 6) is 0.913. The third-order valence-electron chi connectivity index (χ3n) is 3.14. The number of anilines is 2. The Hall–Kier alpha value is -1.78. The first kappa shape index (κ1) is 15.3. The summed E-state index contributed by atoms with van der Waals surface area (Å²) in [5, 5.41) is 6.05. The number of aryl methyl sites for hydroxylation is 1. The van der Waals surface area contributed by atoms with Crippen LogP contribution >= 0.6 is 0 Å². The van der Waals surface area contributed by atoms with Crippen LogP contribution in [0, 0.1) is 12.8 Å². The Morgan fingerprint density at radius 2 is 2.00 bits per heavy atom. The normalized spacial score (nSPS) is 10.5. The second kappa shape index (κ2) is 7.61. The highest BCUT2D eigenvalue weighted by atomic mass is 16.1. The van der Waals surface area contributed by atoms with Gasteiger partial charge in [0.1, 0.15) is 5.82 Å². The van der Waals surface area contributed by atoms with Crippen molar-refractivity contribution in [3.05, 3.63) is 17.8 Å². The van der Waals surface area contributed by atoms with Gasteiger partial charge in [-0.05, 0) is 31.9 Å². The molecule has 0 spiro atoms. The Balaban J connectivity index is 2.35. The molecule has 0 fully saturated rings. The van der Waals surface area contributed by atoms with Crippen molar-refractivity contribution in [3.8, 4) is 0 Å². The predicted molar refractivity (Wildman–Crippen MR) is 79.0 cm³/mol. The fraction of sp³-hybridized carbons (Fsp3) is 0.571. The molecule has 0 atom stereocenters. The molecule has 0 bridgehead atoms. The highest BCUT2D eigenvalue weighted by Crippen LogP contribution is 2.14. The zero-order chi connectivity index (χ0) is 14.3. The van der Waals surface area contributed by atoms with Crippen molar-refractivity contribution in [2.24, 2.45) is 5.92 Å². The van der Waals surface area contributed by atoms with E-state index in [0.717, 1.165) is 18.5 Å². The van der Waals surface area contributed by atoms with E-state index in [1.165, 1.54) is 0 Å².